The molecular weight excluding hydrogens is 400 g/mol. The summed E-state index contributed by atoms with van der Waals surface area (Å²) < 4.78 is 4.50. The predicted octanol–water partition coefficient (Wildman–Crippen LogP) is 6.38. The second-order valence-corrected chi connectivity index (χ2v) is 11.2. The van der Waals surface area contributed by atoms with Gasteiger partial charge >= 0.3 is 0 Å². The summed E-state index contributed by atoms with van der Waals surface area (Å²) in [7, 11) is 0. The van der Waals surface area contributed by atoms with Gasteiger partial charge in [-0.05, 0) is 51.6 Å². The molecule has 172 valence electrons. The Morgan fingerprint density at radius 3 is 1.64 bits per heavy atom. The number of terminal acetylenes is 1. The highest BCUT2D eigenvalue weighted by molar-refractivity contribution is 5.60. The molecule has 0 amide bonds. The fourth-order valence-corrected chi connectivity index (χ4v) is 3.94. The van der Waals surface area contributed by atoms with E-state index in [9.17, 15) is 0 Å². The number of aromatic nitrogens is 2. The number of pyridine rings is 2. The van der Waals surface area contributed by atoms with Gasteiger partial charge < -0.3 is 0 Å². The van der Waals surface area contributed by atoms with Crippen LogP contribution in [0.5, 0.6) is 0 Å². The normalized spacial score (nSPS) is 11.9. The highest BCUT2D eigenvalue weighted by Crippen LogP contribution is 2.30. The van der Waals surface area contributed by atoms with Crippen molar-refractivity contribution in [1.29, 1.82) is 0 Å². The number of aryl methyl sites for hydroxylation is 1. The largest absolute Gasteiger partial charge is 0.205 e. The molecule has 0 aliphatic rings. The topological polar surface area (TPSA) is 7.76 Å². The summed E-state index contributed by atoms with van der Waals surface area (Å²) in [6.07, 6.45) is 17.1. The van der Waals surface area contributed by atoms with Crippen LogP contribution in [0, 0.1) is 12.3 Å². The number of hydrogen-bond donors (Lipinski definition) is 0. The fourth-order valence-electron chi connectivity index (χ4n) is 3.94. The fraction of sp³-hybridized carbons (Fsp3) is 0.419. The molecule has 1 aromatic carbocycles. The zero-order valence-electron chi connectivity index (χ0n) is 21.4. The standard InChI is InChI=1S/C31H40N2/c1-8-9-10-11-16-32-17-12-26(13-18-32)27-14-19-33(20-15-27)24-25-21-28(30(2,3)4)23-29(22-25)31(5,6)7/h1,12-15,17-23H,9-11,16,24H2,2-7H3/q+2. The van der Waals surface area contributed by atoms with Crippen LogP contribution in [0.15, 0.2) is 67.3 Å². The Bertz CT molecular complexity index is 1050. The third-order valence-corrected chi connectivity index (χ3v) is 6.19. The molecule has 33 heavy (non-hydrogen) atoms. The van der Waals surface area contributed by atoms with Crippen molar-refractivity contribution in [3.05, 3.63) is 83.9 Å². The van der Waals surface area contributed by atoms with E-state index in [1.165, 1.54) is 27.8 Å². The second-order valence-electron chi connectivity index (χ2n) is 11.2. The van der Waals surface area contributed by atoms with Gasteiger partial charge in [-0.25, -0.2) is 9.13 Å². The maximum absolute atomic E-state index is 5.33. The molecular formula is C31H40N2+2. The molecule has 2 heteroatoms. The molecule has 2 nitrogen and oxygen atoms in total. The minimum Gasteiger partial charge on any atom is -0.205 e. The second kappa shape index (κ2) is 10.3. The van der Waals surface area contributed by atoms with Gasteiger partial charge in [0.05, 0.1) is 0 Å². The number of benzene rings is 1. The highest BCUT2D eigenvalue weighted by atomic mass is 14.9. The van der Waals surface area contributed by atoms with E-state index in [1.807, 2.05) is 0 Å². The van der Waals surface area contributed by atoms with E-state index in [0.29, 0.717) is 0 Å². The van der Waals surface area contributed by atoms with Gasteiger partial charge in [-0.1, -0.05) is 47.6 Å². The van der Waals surface area contributed by atoms with Crippen molar-refractivity contribution < 1.29 is 9.13 Å². The lowest BCUT2D eigenvalue weighted by Gasteiger charge is -2.25. The third-order valence-electron chi connectivity index (χ3n) is 6.19. The van der Waals surface area contributed by atoms with Gasteiger partial charge in [0.25, 0.3) is 0 Å². The van der Waals surface area contributed by atoms with Crippen molar-refractivity contribution in [1.82, 2.24) is 0 Å². The molecule has 0 N–H and O–H groups in total. The Balaban J connectivity index is 1.74. The van der Waals surface area contributed by atoms with Crippen LogP contribution >= 0.6 is 0 Å². The third kappa shape index (κ3) is 7.03. The van der Waals surface area contributed by atoms with Crippen molar-refractivity contribution in [2.45, 2.75) is 84.7 Å². The van der Waals surface area contributed by atoms with E-state index in [4.69, 9.17) is 6.42 Å². The van der Waals surface area contributed by atoms with Crippen LogP contribution < -0.4 is 9.13 Å². The lowest BCUT2D eigenvalue weighted by atomic mass is 9.79. The minimum atomic E-state index is 0.135. The number of hydrogen-bond acceptors (Lipinski definition) is 0. The van der Waals surface area contributed by atoms with Gasteiger partial charge in [-0.15, -0.1) is 12.3 Å². The predicted molar refractivity (Wildman–Crippen MR) is 138 cm³/mol. The molecule has 3 rings (SSSR count). The van der Waals surface area contributed by atoms with Crippen molar-refractivity contribution in [3.63, 3.8) is 0 Å². The average Bonchev–Trinajstić information content (AvgIpc) is 2.76. The number of rotatable bonds is 7. The van der Waals surface area contributed by atoms with Gasteiger partial charge in [-0.2, -0.15) is 0 Å². The summed E-state index contributed by atoms with van der Waals surface area (Å²) in [6, 6.07) is 15.9. The van der Waals surface area contributed by atoms with Gasteiger partial charge in [0, 0.05) is 42.7 Å². The van der Waals surface area contributed by atoms with Gasteiger partial charge in [0.2, 0.25) is 0 Å². The first-order valence-corrected chi connectivity index (χ1v) is 12.1. The summed E-state index contributed by atoms with van der Waals surface area (Å²) >= 11 is 0. The molecule has 0 spiro atoms. The lowest BCUT2D eigenvalue weighted by molar-refractivity contribution is -0.697. The Morgan fingerprint density at radius 1 is 0.697 bits per heavy atom. The summed E-state index contributed by atoms with van der Waals surface area (Å²) in [5, 5.41) is 0. The Kier molecular flexibility index (Phi) is 7.75. The number of nitrogens with zero attached hydrogens (tertiary/aromatic N) is 2. The Labute approximate surface area is 201 Å². The maximum Gasteiger partial charge on any atom is 0.173 e. The molecule has 0 atom stereocenters. The first-order valence-electron chi connectivity index (χ1n) is 12.1. The average molecular weight is 441 g/mol. The zero-order valence-corrected chi connectivity index (χ0v) is 21.4. The molecule has 0 radical (unpaired) electrons. The number of unbranched alkanes of at least 4 members (excludes halogenated alkanes) is 2. The van der Waals surface area contributed by atoms with Crippen LogP contribution in [0.1, 0.15) is 77.5 Å². The lowest BCUT2D eigenvalue weighted by Crippen LogP contribution is -2.33. The van der Waals surface area contributed by atoms with E-state index in [1.54, 1.807) is 0 Å². The summed E-state index contributed by atoms with van der Waals surface area (Å²) in [5.74, 6) is 2.71. The van der Waals surface area contributed by atoms with Crippen LogP contribution in [0.3, 0.4) is 0 Å². The smallest absolute Gasteiger partial charge is 0.173 e. The van der Waals surface area contributed by atoms with Gasteiger partial charge in [0.1, 0.15) is 6.54 Å². The maximum atomic E-state index is 5.33. The highest BCUT2D eigenvalue weighted by Gasteiger charge is 2.21. The summed E-state index contributed by atoms with van der Waals surface area (Å²) in [5.41, 5.74) is 6.91. The quantitative estimate of drug-likeness (QED) is 0.229. The van der Waals surface area contributed by atoms with Crippen LogP contribution in [-0.4, -0.2) is 0 Å². The Morgan fingerprint density at radius 2 is 1.18 bits per heavy atom. The first kappa shape index (κ1) is 24.7. The van der Waals surface area contributed by atoms with Crippen molar-refractivity contribution in [2.75, 3.05) is 0 Å². The molecule has 0 bridgehead atoms. The van der Waals surface area contributed by atoms with E-state index < -0.39 is 0 Å². The van der Waals surface area contributed by atoms with Crippen LogP contribution in [0.2, 0.25) is 0 Å². The van der Waals surface area contributed by atoms with Gasteiger partial charge in [-0.3, -0.25) is 0 Å². The molecule has 3 aromatic rings. The molecule has 0 aliphatic heterocycles. The molecule has 0 saturated heterocycles. The summed E-state index contributed by atoms with van der Waals surface area (Å²) in [4.78, 5) is 0. The summed E-state index contributed by atoms with van der Waals surface area (Å²) in [6.45, 7) is 15.6. The SMILES string of the molecule is C#CCCCC[n+]1ccc(-c2cc[n+](Cc3cc(C(C)(C)C)cc(C(C)(C)C)c3)cc2)cc1. The molecule has 0 saturated carbocycles. The Hall–Kier alpha value is -2.92. The van der Waals surface area contributed by atoms with Crippen molar-refractivity contribution in [3.8, 4) is 23.5 Å². The van der Waals surface area contributed by atoms with Gasteiger partial charge in [0.15, 0.2) is 31.3 Å². The van der Waals surface area contributed by atoms with E-state index in [2.05, 4.69) is 124 Å². The molecule has 2 aromatic heterocycles. The van der Waals surface area contributed by atoms with E-state index in [0.717, 1.165) is 32.4 Å². The molecule has 0 fully saturated rings. The molecule has 0 aliphatic carbocycles. The van der Waals surface area contributed by atoms with E-state index in [-0.39, 0.29) is 10.8 Å². The van der Waals surface area contributed by atoms with E-state index >= 15 is 0 Å². The van der Waals surface area contributed by atoms with Crippen LogP contribution in [0.25, 0.3) is 11.1 Å². The zero-order chi connectivity index (χ0) is 24.1. The molecule has 2 heterocycles. The van der Waals surface area contributed by atoms with Crippen LogP contribution in [-0.2, 0) is 23.9 Å². The van der Waals surface area contributed by atoms with Crippen molar-refractivity contribution in [2.24, 2.45) is 0 Å². The minimum absolute atomic E-state index is 0.135. The van der Waals surface area contributed by atoms with Crippen LogP contribution in [0.4, 0.5) is 0 Å². The molecule has 0 unspecified atom stereocenters. The first-order chi connectivity index (χ1) is 15.6. The monoisotopic (exact) mass is 440 g/mol. The van der Waals surface area contributed by atoms with Crippen molar-refractivity contribution >= 4 is 0 Å².